The summed E-state index contributed by atoms with van der Waals surface area (Å²) in [5.41, 5.74) is 10.2. The molecule has 128 valence electrons. The van der Waals surface area contributed by atoms with Gasteiger partial charge in [0.25, 0.3) is 0 Å². The first-order valence-corrected chi connectivity index (χ1v) is 6.10. The van der Waals surface area contributed by atoms with Crippen molar-refractivity contribution in [2.24, 2.45) is 11.5 Å². The van der Waals surface area contributed by atoms with Gasteiger partial charge in [0.2, 0.25) is 0 Å². The van der Waals surface area contributed by atoms with Gasteiger partial charge in [-0.15, -0.1) is 0 Å². The molecule has 0 fully saturated rings. The van der Waals surface area contributed by atoms with E-state index in [0.717, 1.165) is 9.80 Å². The quantitative estimate of drug-likeness (QED) is 0.170. The van der Waals surface area contributed by atoms with Crippen molar-refractivity contribution in [3.63, 3.8) is 0 Å². The topological polar surface area (TPSA) is 193 Å². The van der Waals surface area contributed by atoms with Gasteiger partial charge < -0.3 is 30.7 Å². The van der Waals surface area contributed by atoms with E-state index in [1.54, 1.807) is 0 Å². The van der Waals surface area contributed by atoms with Crippen molar-refractivity contribution in [1.82, 2.24) is 9.80 Å². The lowest BCUT2D eigenvalue weighted by Crippen LogP contribution is -2.38. The standard InChI is InChI=1S/C11H18N6O6/c1-16(10(12)13)4-8(20)22-6(18)3-7(19)23-9(21)5-17(2)11(14)15/h3-5H2,1-2H3,(H3,12,13)(H3,14,15). The maximum atomic E-state index is 11.3. The molecule has 0 aromatic rings. The second-order valence-electron chi connectivity index (χ2n) is 4.35. The third-order valence-corrected chi connectivity index (χ3v) is 2.30. The van der Waals surface area contributed by atoms with Gasteiger partial charge in [0.1, 0.15) is 19.5 Å². The highest BCUT2D eigenvalue weighted by Gasteiger charge is 2.20. The lowest BCUT2D eigenvalue weighted by atomic mass is 10.4. The van der Waals surface area contributed by atoms with Crippen LogP contribution >= 0.6 is 0 Å². The first-order chi connectivity index (χ1) is 10.5. The Labute approximate surface area is 131 Å². The number of ether oxygens (including phenoxy) is 2. The van der Waals surface area contributed by atoms with Crippen LogP contribution in [0.4, 0.5) is 0 Å². The molecule has 12 nitrogen and oxygen atoms in total. The lowest BCUT2D eigenvalue weighted by molar-refractivity contribution is -0.165. The Kier molecular flexibility index (Phi) is 7.72. The fraction of sp³-hybridized carbons (Fsp3) is 0.455. The predicted octanol–water partition coefficient (Wildman–Crippen LogP) is -2.83. The van der Waals surface area contributed by atoms with Gasteiger partial charge in [0.15, 0.2) is 11.9 Å². The molecule has 0 aromatic carbocycles. The number of rotatable bonds is 6. The molecule has 0 bridgehead atoms. The molecular formula is C11H18N6O6. The normalized spacial score (nSPS) is 9.48. The molecule has 0 spiro atoms. The number of esters is 4. The van der Waals surface area contributed by atoms with E-state index in [9.17, 15) is 19.2 Å². The number of nitrogens with zero attached hydrogens (tertiary/aromatic N) is 2. The summed E-state index contributed by atoms with van der Waals surface area (Å²) in [6.45, 7) is -0.920. The van der Waals surface area contributed by atoms with Gasteiger partial charge in [-0.1, -0.05) is 0 Å². The van der Waals surface area contributed by atoms with E-state index < -0.39 is 55.3 Å². The molecule has 0 aromatic heterocycles. The molecule has 23 heavy (non-hydrogen) atoms. The molecule has 0 saturated carbocycles. The van der Waals surface area contributed by atoms with Crippen molar-refractivity contribution in [2.45, 2.75) is 6.42 Å². The number of carbonyl (C=O) groups excluding carboxylic acids is 4. The van der Waals surface area contributed by atoms with Crippen LogP contribution in [0.3, 0.4) is 0 Å². The van der Waals surface area contributed by atoms with Crippen LogP contribution in [0, 0.1) is 10.8 Å². The minimum absolute atomic E-state index is 0.408. The molecule has 0 unspecified atom stereocenters. The average molecular weight is 330 g/mol. The first-order valence-electron chi connectivity index (χ1n) is 6.10. The fourth-order valence-corrected chi connectivity index (χ4v) is 1.07. The minimum atomic E-state index is -1.22. The molecule has 0 rings (SSSR count). The van der Waals surface area contributed by atoms with E-state index in [1.807, 2.05) is 0 Å². The van der Waals surface area contributed by atoms with Crippen LogP contribution in [-0.2, 0) is 28.7 Å². The Morgan fingerprint density at radius 1 is 0.783 bits per heavy atom. The summed E-state index contributed by atoms with van der Waals surface area (Å²) in [4.78, 5) is 47.2. The number of carbonyl (C=O) groups is 4. The second kappa shape index (κ2) is 8.96. The molecule has 0 radical (unpaired) electrons. The van der Waals surface area contributed by atoms with Gasteiger partial charge >= 0.3 is 23.9 Å². The first kappa shape index (κ1) is 19.8. The van der Waals surface area contributed by atoms with Crippen molar-refractivity contribution in [3.8, 4) is 0 Å². The van der Waals surface area contributed by atoms with Gasteiger partial charge in [-0.3, -0.25) is 20.4 Å². The summed E-state index contributed by atoms with van der Waals surface area (Å²) in [7, 11) is 2.65. The highest BCUT2D eigenvalue weighted by Crippen LogP contribution is 1.95. The largest absolute Gasteiger partial charge is 0.391 e. The van der Waals surface area contributed by atoms with Crippen molar-refractivity contribution in [2.75, 3.05) is 27.2 Å². The highest BCUT2D eigenvalue weighted by molar-refractivity contribution is 6.00. The molecule has 0 aliphatic rings. The smallest absolute Gasteiger partial charge is 0.333 e. The van der Waals surface area contributed by atoms with Crippen LogP contribution in [0.1, 0.15) is 6.42 Å². The van der Waals surface area contributed by atoms with Crippen molar-refractivity contribution >= 4 is 35.8 Å². The van der Waals surface area contributed by atoms with Crippen molar-refractivity contribution < 1.29 is 28.7 Å². The summed E-state index contributed by atoms with van der Waals surface area (Å²) >= 11 is 0. The summed E-state index contributed by atoms with van der Waals surface area (Å²) < 4.78 is 8.59. The van der Waals surface area contributed by atoms with Gasteiger partial charge in [-0.2, -0.15) is 0 Å². The molecule has 0 saturated heterocycles. The number of nitrogens with two attached hydrogens (primary N) is 2. The lowest BCUT2D eigenvalue weighted by Gasteiger charge is -2.15. The Hall–Kier alpha value is -3.18. The van der Waals surface area contributed by atoms with Crippen molar-refractivity contribution in [1.29, 1.82) is 10.8 Å². The SMILES string of the molecule is CN(CC(=O)OC(=O)CC(=O)OC(=O)CN(C)C(=N)N)C(=N)N. The molecule has 6 N–H and O–H groups in total. The van der Waals surface area contributed by atoms with Crippen LogP contribution in [0.5, 0.6) is 0 Å². The minimum Gasteiger partial charge on any atom is -0.391 e. The van der Waals surface area contributed by atoms with Gasteiger partial charge in [0.05, 0.1) is 0 Å². The number of hydrogen-bond donors (Lipinski definition) is 4. The Bertz CT molecular complexity index is 487. The third-order valence-electron chi connectivity index (χ3n) is 2.30. The maximum Gasteiger partial charge on any atom is 0.333 e. The zero-order valence-electron chi connectivity index (χ0n) is 12.6. The molecule has 0 atom stereocenters. The van der Waals surface area contributed by atoms with Crippen LogP contribution in [0.25, 0.3) is 0 Å². The maximum absolute atomic E-state index is 11.3. The summed E-state index contributed by atoms with van der Waals surface area (Å²) in [6, 6.07) is 0. The molecule has 0 heterocycles. The summed E-state index contributed by atoms with van der Waals surface area (Å²) in [5, 5.41) is 14.0. The Morgan fingerprint density at radius 2 is 1.09 bits per heavy atom. The van der Waals surface area contributed by atoms with Crippen LogP contribution in [0.15, 0.2) is 0 Å². The monoisotopic (exact) mass is 330 g/mol. The van der Waals surface area contributed by atoms with Crippen LogP contribution in [0.2, 0.25) is 0 Å². The number of nitrogens with one attached hydrogen (secondary N) is 2. The average Bonchev–Trinajstić information content (AvgIpc) is 2.36. The Morgan fingerprint density at radius 3 is 1.35 bits per heavy atom. The van der Waals surface area contributed by atoms with Gasteiger partial charge in [-0.05, 0) is 0 Å². The summed E-state index contributed by atoms with van der Waals surface area (Å²) in [5.74, 6) is -5.30. The molecule has 0 aliphatic heterocycles. The number of likely N-dealkylation sites (N-methyl/N-ethyl adjacent to an activating group) is 2. The zero-order chi connectivity index (χ0) is 18.2. The van der Waals surface area contributed by atoms with Gasteiger partial charge in [0, 0.05) is 14.1 Å². The number of guanidine groups is 2. The third kappa shape index (κ3) is 8.64. The highest BCUT2D eigenvalue weighted by atomic mass is 16.6. The predicted molar refractivity (Wildman–Crippen MR) is 75.9 cm³/mol. The summed E-state index contributed by atoms with van der Waals surface area (Å²) in [6.07, 6.45) is -0.953. The van der Waals surface area contributed by atoms with E-state index in [-0.39, 0.29) is 0 Å². The van der Waals surface area contributed by atoms with E-state index in [4.69, 9.17) is 22.3 Å². The van der Waals surface area contributed by atoms with Crippen LogP contribution in [-0.4, -0.2) is 72.8 Å². The molecule has 0 amide bonds. The van der Waals surface area contributed by atoms with Crippen LogP contribution < -0.4 is 11.5 Å². The van der Waals surface area contributed by atoms with Gasteiger partial charge in [-0.25, -0.2) is 9.59 Å². The number of hydrogen-bond acceptors (Lipinski definition) is 8. The van der Waals surface area contributed by atoms with E-state index in [1.165, 1.54) is 14.1 Å². The second-order valence-corrected chi connectivity index (χ2v) is 4.35. The molecular weight excluding hydrogens is 312 g/mol. The van der Waals surface area contributed by atoms with E-state index in [0.29, 0.717) is 0 Å². The Balaban J connectivity index is 4.22. The molecule has 12 heteroatoms. The van der Waals surface area contributed by atoms with E-state index in [2.05, 4.69) is 9.47 Å². The molecule has 0 aliphatic carbocycles. The fourth-order valence-electron chi connectivity index (χ4n) is 1.07. The zero-order valence-corrected chi connectivity index (χ0v) is 12.6. The van der Waals surface area contributed by atoms with E-state index >= 15 is 0 Å². The van der Waals surface area contributed by atoms with Crippen molar-refractivity contribution in [3.05, 3.63) is 0 Å².